The lowest BCUT2D eigenvalue weighted by Gasteiger charge is -2.10. The van der Waals surface area contributed by atoms with Crippen LogP contribution in [0.5, 0.6) is 0 Å². The normalized spacial score (nSPS) is 11.2. The van der Waals surface area contributed by atoms with Crippen LogP contribution >= 0.6 is 27.5 Å². The largest absolute Gasteiger partial charge is 0.291 e. The number of aromatic nitrogens is 2. The third-order valence-electron chi connectivity index (χ3n) is 3.17. The Bertz CT molecular complexity index is 797. The quantitative estimate of drug-likeness (QED) is 0.602. The number of halogens is 4. The van der Waals surface area contributed by atoms with Crippen molar-refractivity contribution >= 4 is 38.6 Å². The molecule has 0 radical (unpaired) electrons. The van der Waals surface area contributed by atoms with Crippen molar-refractivity contribution in [2.45, 2.75) is 6.42 Å². The van der Waals surface area contributed by atoms with E-state index in [0.29, 0.717) is 29.2 Å². The van der Waals surface area contributed by atoms with Crippen LogP contribution in [0.25, 0.3) is 16.7 Å². The average Bonchev–Trinajstić information content (AvgIpc) is 2.77. The number of para-hydroxylation sites is 1. The second kappa shape index (κ2) is 5.73. The van der Waals surface area contributed by atoms with Crippen LogP contribution in [-0.4, -0.2) is 15.4 Å². The van der Waals surface area contributed by atoms with E-state index in [1.807, 2.05) is 12.1 Å². The maximum Gasteiger partial charge on any atom is 0.150 e. The number of aryl methyl sites for hydroxylation is 1. The molecule has 108 valence electrons. The van der Waals surface area contributed by atoms with Crippen molar-refractivity contribution in [1.82, 2.24) is 9.55 Å². The summed E-state index contributed by atoms with van der Waals surface area (Å²) in [6.45, 7) is 0. The molecule has 0 atom stereocenters. The molecule has 0 bridgehead atoms. The lowest BCUT2D eigenvalue weighted by Crippen LogP contribution is -2.06. The van der Waals surface area contributed by atoms with E-state index >= 15 is 0 Å². The Labute approximate surface area is 133 Å². The van der Waals surface area contributed by atoms with E-state index in [4.69, 9.17) is 11.6 Å². The van der Waals surface area contributed by atoms with Crippen LogP contribution in [0.3, 0.4) is 0 Å². The first-order valence-electron chi connectivity index (χ1n) is 6.29. The maximum atomic E-state index is 14.1. The topological polar surface area (TPSA) is 17.8 Å². The fourth-order valence-electron chi connectivity index (χ4n) is 2.31. The lowest BCUT2D eigenvalue weighted by atomic mass is 10.2. The van der Waals surface area contributed by atoms with Gasteiger partial charge in [0.25, 0.3) is 0 Å². The molecule has 2 aromatic carbocycles. The summed E-state index contributed by atoms with van der Waals surface area (Å²) in [5.74, 6) is -0.413. The zero-order valence-corrected chi connectivity index (χ0v) is 13.1. The SMILES string of the molecule is Fc1cccc(F)c1-n1c(CCCl)nc2cc(Br)ccc21. The van der Waals surface area contributed by atoms with Gasteiger partial charge in [-0.1, -0.05) is 22.0 Å². The van der Waals surface area contributed by atoms with Gasteiger partial charge < -0.3 is 0 Å². The molecule has 0 fully saturated rings. The highest BCUT2D eigenvalue weighted by atomic mass is 79.9. The number of imidazole rings is 1. The van der Waals surface area contributed by atoms with Gasteiger partial charge in [0.1, 0.15) is 23.1 Å². The molecular weight excluding hydrogens is 362 g/mol. The highest BCUT2D eigenvalue weighted by Gasteiger charge is 2.18. The minimum Gasteiger partial charge on any atom is -0.291 e. The number of hydrogen-bond donors (Lipinski definition) is 0. The molecule has 0 aliphatic rings. The van der Waals surface area contributed by atoms with E-state index < -0.39 is 11.6 Å². The van der Waals surface area contributed by atoms with E-state index in [1.54, 1.807) is 6.07 Å². The summed E-state index contributed by atoms with van der Waals surface area (Å²) in [5, 5.41) is 0. The molecule has 21 heavy (non-hydrogen) atoms. The van der Waals surface area contributed by atoms with Crippen LogP contribution in [0.1, 0.15) is 5.82 Å². The van der Waals surface area contributed by atoms with Crippen LogP contribution in [0.4, 0.5) is 8.78 Å². The Kier molecular flexibility index (Phi) is 3.95. The Morgan fingerprint density at radius 2 is 1.86 bits per heavy atom. The number of nitrogens with zero attached hydrogens (tertiary/aromatic N) is 2. The predicted molar refractivity (Wildman–Crippen MR) is 83.1 cm³/mol. The first-order chi connectivity index (χ1) is 10.1. The summed E-state index contributed by atoms with van der Waals surface area (Å²) in [7, 11) is 0. The van der Waals surface area contributed by atoms with Crippen LogP contribution in [0.15, 0.2) is 40.9 Å². The van der Waals surface area contributed by atoms with Gasteiger partial charge in [0, 0.05) is 16.8 Å². The fraction of sp³-hybridized carbons (Fsp3) is 0.133. The molecule has 1 heterocycles. The van der Waals surface area contributed by atoms with Gasteiger partial charge >= 0.3 is 0 Å². The number of benzene rings is 2. The molecule has 6 heteroatoms. The minimum absolute atomic E-state index is 0.123. The van der Waals surface area contributed by atoms with E-state index in [-0.39, 0.29) is 5.69 Å². The van der Waals surface area contributed by atoms with E-state index in [9.17, 15) is 8.78 Å². The zero-order valence-electron chi connectivity index (χ0n) is 10.8. The molecule has 0 spiro atoms. The molecular formula is C15H10BrClF2N2. The summed E-state index contributed by atoms with van der Waals surface area (Å²) >= 11 is 9.15. The zero-order chi connectivity index (χ0) is 15.0. The molecule has 0 saturated heterocycles. The second-order valence-electron chi connectivity index (χ2n) is 4.51. The molecule has 0 amide bonds. The van der Waals surface area contributed by atoms with E-state index in [0.717, 1.165) is 4.47 Å². The number of rotatable bonds is 3. The van der Waals surface area contributed by atoms with Gasteiger partial charge in [-0.3, -0.25) is 4.57 Å². The van der Waals surface area contributed by atoms with Crippen LogP contribution in [0.2, 0.25) is 0 Å². The first kappa shape index (κ1) is 14.5. The third kappa shape index (κ3) is 2.56. The number of alkyl halides is 1. The van der Waals surface area contributed by atoms with Crippen molar-refractivity contribution in [2.24, 2.45) is 0 Å². The van der Waals surface area contributed by atoms with Crippen molar-refractivity contribution in [1.29, 1.82) is 0 Å². The van der Waals surface area contributed by atoms with Gasteiger partial charge in [-0.15, -0.1) is 11.6 Å². The van der Waals surface area contributed by atoms with Gasteiger partial charge in [0.15, 0.2) is 0 Å². The molecule has 0 saturated carbocycles. The first-order valence-corrected chi connectivity index (χ1v) is 7.62. The van der Waals surface area contributed by atoms with Crippen molar-refractivity contribution in [3.05, 3.63) is 58.3 Å². The van der Waals surface area contributed by atoms with Gasteiger partial charge in [0.05, 0.1) is 11.0 Å². The molecule has 3 rings (SSSR count). The smallest absolute Gasteiger partial charge is 0.150 e. The highest BCUT2D eigenvalue weighted by molar-refractivity contribution is 9.10. The van der Waals surface area contributed by atoms with E-state index in [2.05, 4.69) is 20.9 Å². The second-order valence-corrected chi connectivity index (χ2v) is 5.80. The predicted octanol–water partition coefficient (Wildman–Crippen LogP) is 4.85. The molecule has 1 aromatic heterocycles. The van der Waals surface area contributed by atoms with Gasteiger partial charge in [0.2, 0.25) is 0 Å². The molecule has 2 nitrogen and oxygen atoms in total. The summed E-state index contributed by atoms with van der Waals surface area (Å²) < 4.78 is 30.6. The number of fused-ring (bicyclic) bond motifs is 1. The molecule has 3 aromatic rings. The van der Waals surface area contributed by atoms with Crippen molar-refractivity contribution in [3.63, 3.8) is 0 Å². The fourth-order valence-corrected chi connectivity index (χ4v) is 2.83. The van der Waals surface area contributed by atoms with Crippen molar-refractivity contribution in [2.75, 3.05) is 5.88 Å². The molecule has 0 aliphatic carbocycles. The summed E-state index contributed by atoms with van der Waals surface area (Å²) in [6, 6.07) is 9.19. The standard InChI is InChI=1S/C15H10BrClF2N2/c16-9-4-5-13-12(8-9)20-14(6-7-17)21(13)15-10(18)2-1-3-11(15)19/h1-5,8H,6-7H2. The van der Waals surface area contributed by atoms with Crippen LogP contribution in [-0.2, 0) is 6.42 Å². The lowest BCUT2D eigenvalue weighted by molar-refractivity contribution is 0.568. The van der Waals surface area contributed by atoms with Crippen LogP contribution in [0, 0.1) is 11.6 Å². The average molecular weight is 372 g/mol. The number of hydrogen-bond acceptors (Lipinski definition) is 1. The molecule has 0 unspecified atom stereocenters. The van der Waals surface area contributed by atoms with Crippen molar-refractivity contribution in [3.8, 4) is 5.69 Å². The Hall–Kier alpha value is -1.46. The van der Waals surface area contributed by atoms with Crippen LogP contribution < -0.4 is 0 Å². The summed E-state index contributed by atoms with van der Waals surface area (Å²) in [6.07, 6.45) is 0.418. The van der Waals surface area contributed by atoms with Gasteiger partial charge in [-0.2, -0.15) is 0 Å². The Balaban J connectivity index is 2.36. The highest BCUT2D eigenvalue weighted by Crippen LogP contribution is 2.27. The van der Waals surface area contributed by atoms with Gasteiger partial charge in [-0.05, 0) is 30.3 Å². The van der Waals surface area contributed by atoms with Crippen molar-refractivity contribution < 1.29 is 8.78 Å². The summed E-state index contributed by atoms with van der Waals surface area (Å²) in [4.78, 5) is 4.44. The van der Waals surface area contributed by atoms with E-state index in [1.165, 1.54) is 22.8 Å². The third-order valence-corrected chi connectivity index (χ3v) is 3.85. The Morgan fingerprint density at radius 3 is 2.52 bits per heavy atom. The minimum atomic E-state index is -0.631. The Morgan fingerprint density at radius 1 is 1.14 bits per heavy atom. The molecule has 0 N–H and O–H groups in total. The molecule has 0 aliphatic heterocycles. The summed E-state index contributed by atoms with van der Waals surface area (Å²) in [5.41, 5.74) is 1.18. The van der Waals surface area contributed by atoms with Gasteiger partial charge in [-0.25, -0.2) is 13.8 Å². The maximum absolute atomic E-state index is 14.1. The monoisotopic (exact) mass is 370 g/mol.